The summed E-state index contributed by atoms with van der Waals surface area (Å²) >= 11 is 0. The van der Waals surface area contributed by atoms with Gasteiger partial charge in [0, 0.05) is 26.1 Å². The van der Waals surface area contributed by atoms with Gasteiger partial charge >= 0.3 is 0 Å². The summed E-state index contributed by atoms with van der Waals surface area (Å²) in [6.07, 6.45) is 2.15. The number of hydrogen-bond acceptors (Lipinski definition) is 4. The van der Waals surface area contributed by atoms with Gasteiger partial charge in [-0.05, 0) is 63.3 Å². The van der Waals surface area contributed by atoms with Crippen LogP contribution in [0.5, 0.6) is 0 Å². The van der Waals surface area contributed by atoms with E-state index in [1.807, 2.05) is 71.0 Å². The zero-order valence-corrected chi connectivity index (χ0v) is 22.6. The molecule has 0 aliphatic rings. The van der Waals surface area contributed by atoms with Crippen LogP contribution in [0.4, 0.5) is 5.69 Å². The molecule has 2 amide bonds. The van der Waals surface area contributed by atoms with Crippen LogP contribution in [0.1, 0.15) is 55.4 Å². The van der Waals surface area contributed by atoms with Gasteiger partial charge in [-0.15, -0.1) is 0 Å². The van der Waals surface area contributed by atoms with Gasteiger partial charge in [0.2, 0.25) is 21.8 Å². The highest BCUT2D eigenvalue weighted by atomic mass is 32.2. The number of sulfonamides is 1. The molecule has 2 aromatic rings. The van der Waals surface area contributed by atoms with E-state index in [4.69, 9.17) is 0 Å². The highest BCUT2D eigenvalue weighted by Crippen LogP contribution is 2.25. The molecule has 0 saturated heterocycles. The van der Waals surface area contributed by atoms with Crippen LogP contribution >= 0.6 is 0 Å². The summed E-state index contributed by atoms with van der Waals surface area (Å²) in [7, 11) is -3.53. The van der Waals surface area contributed by atoms with Crippen LogP contribution in [-0.4, -0.2) is 50.5 Å². The van der Waals surface area contributed by atoms with Crippen molar-refractivity contribution in [3.05, 3.63) is 64.7 Å². The molecule has 0 bridgehead atoms. The van der Waals surface area contributed by atoms with Gasteiger partial charge in [-0.3, -0.25) is 13.9 Å². The maximum atomic E-state index is 13.4. The molecule has 0 saturated carbocycles. The first-order valence-corrected chi connectivity index (χ1v) is 14.0. The van der Waals surface area contributed by atoms with Crippen molar-refractivity contribution >= 4 is 27.5 Å². The second kappa shape index (κ2) is 12.7. The van der Waals surface area contributed by atoms with Crippen molar-refractivity contribution in [2.24, 2.45) is 0 Å². The fourth-order valence-electron chi connectivity index (χ4n) is 4.21. The minimum absolute atomic E-state index is 0.138. The van der Waals surface area contributed by atoms with E-state index in [-0.39, 0.29) is 24.8 Å². The van der Waals surface area contributed by atoms with Gasteiger partial charge in [0.1, 0.15) is 6.04 Å². The topological polar surface area (TPSA) is 86.8 Å². The fourth-order valence-corrected chi connectivity index (χ4v) is 5.22. The number of benzene rings is 2. The standard InChI is InChI=1S/C27H39N3O4S/c1-7-24(27(32)28-8-2)29(19-23-14-9-12-20(3)18-23)26(31)16-11-17-30(35(6,33)34)25-15-10-13-21(4)22(25)5/h9-10,12-15,18,24H,7-8,11,16-17,19H2,1-6H3,(H,28,32)/t24-/m1/s1. The van der Waals surface area contributed by atoms with E-state index >= 15 is 0 Å². The lowest BCUT2D eigenvalue weighted by Gasteiger charge is -2.31. The SMILES string of the molecule is CCNC(=O)[C@@H](CC)N(Cc1cccc(C)c1)C(=O)CCCN(c1cccc(C)c1C)S(C)(=O)=O. The van der Waals surface area contributed by atoms with Crippen molar-refractivity contribution in [3.8, 4) is 0 Å². The Hall–Kier alpha value is -2.87. The molecule has 2 rings (SSSR count). The Labute approximate surface area is 210 Å². The van der Waals surface area contributed by atoms with Crippen molar-refractivity contribution in [2.75, 3.05) is 23.7 Å². The van der Waals surface area contributed by atoms with Crippen LogP contribution in [0.15, 0.2) is 42.5 Å². The summed E-state index contributed by atoms with van der Waals surface area (Å²) < 4.78 is 26.5. The predicted molar refractivity (Wildman–Crippen MR) is 142 cm³/mol. The maximum Gasteiger partial charge on any atom is 0.242 e. The second-order valence-corrected chi connectivity index (χ2v) is 10.9. The molecule has 0 aliphatic heterocycles. The number of likely N-dealkylation sites (N-methyl/N-ethyl adjacent to an activating group) is 1. The lowest BCUT2D eigenvalue weighted by Crippen LogP contribution is -2.49. The van der Waals surface area contributed by atoms with Crippen molar-refractivity contribution in [1.29, 1.82) is 0 Å². The van der Waals surface area contributed by atoms with Gasteiger partial charge in [0.25, 0.3) is 0 Å². The number of nitrogens with one attached hydrogen (secondary N) is 1. The van der Waals surface area contributed by atoms with Crippen LogP contribution in [0.3, 0.4) is 0 Å². The molecule has 0 aromatic heterocycles. The Kier molecular flexibility index (Phi) is 10.3. The number of carbonyl (C=O) groups excluding carboxylic acids is 2. The van der Waals surface area contributed by atoms with Crippen LogP contribution in [-0.2, 0) is 26.2 Å². The normalized spacial score (nSPS) is 12.2. The monoisotopic (exact) mass is 501 g/mol. The van der Waals surface area contributed by atoms with E-state index in [9.17, 15) is 18.0 Å². The Morgan fingerprint density at radius 1 is 1.03 bits per heavy atom. The fraction of sp³-hybridized carbons (Fsp3) is 0.481. The van der Waals surface area contributed by atoms with E-state index in [1.54, 1.807) is 11.0 Å². The first-order chi connectivity index (χ1) is 16.5. The first kappa shape index (κ1) is 28.4. The highest BCUT2D eigenvalue weighted by molar-refractivity contribution is 7.92. The van der Waals surface area contributed by atoms with E-state index in [0.717, 1.165) is 22.3 Å². The molecule has 8 heteroatoms. The maximum absolute atomic E-state index is 13.4. The summed E-state index contributed by atoms with van der Waals surface area (Å²) in [4.78, 5) is 27.8. The summed E-state index contributed by atoms with van der Waals surface area (Å²) in [5.41, 5.74) is 4.56. The van der Waals surface area contributed by atoms with Gasteiger partial charge in [0.15, 0.2) is 0 Å². The van der Waals surface area contributed by atoms with Crippen LogP contribution < -0.4 is 9.62 Å². The molecule has 0 fully saturated rings. The van der Waals surface area contributed by atoms with Gasteiger partial charge < -0.3 is 10.2 Å². The third-order valence-corrected chi connectivity index (χ3v) is 7.35. The van der Waals surface area contributed by atoms with Crippen molar-refractivity contribution in [1.82, 2.24) is 10.2 Å². The van der Waals surface area contributed by atoms with Gasteiger partial charge in [0.05, 0.1) is 11.9 Å². The minimum atomic E-state index is -3.53. The molecule has 0 radical (unpaired) electrons. The largest absolute Gasteiger partial charge is 0.355 e. The molecular weight excluding hydrogens is 462 g/mol. The Bertz CT molecular complexity index is 1130. The minimum Gasteiger partial charge on any atom is -0.355 e. The highest BCUT2D eigenvalue weighted by Gasteiger charge is 2.28. The summed E-state index contributed by atoms with van der Waals surface area (Å²) in [5.74, 6) is -0.344. The van der Waals surface area contributed by atoms with E-state index in [2.05, 4.69) is 5.32 Å². The molecule has 192 valence electrons. The molecule has 35 heavy (non-hydrogen) atoms. The summed E-state index contributed by atoms with van der Waals surface area (Å²) in [5, 5.41) is 2.84. The third kappa shape index (κ3) is 7.82. The molecule has 0 unspecified atom stereocenters. The summed E-state index contributed by atoms with van der Waals surface area (Å²) in [6.45, 7) is 10.6. The Balaban J connectivity index is 2.24. The number of anilines is 1. The number of rotatable bonds is 12. The average molecular weight is 502 g/mol. The molecule has 2 aromatic carbocycles. The lowest BCUT2D eigenvalue weighted by molar-refractivity contribution is -0.141. The quantitative estimate of drug-likeness (QED) is 0.474. The zero-order chi connectivity index (χ0) is 26.2. The predicted octanol–water partition coefficient (Wildman–Crippen LogP) is 4.10. The molecule has 0 aliphatic carbocycles. The van der Waals surface area contributed by atoms with E-state index in [1.165, 1.54) is 10.6 Å². The van der Waals surface area contributed by atoms with Gasteiger partial charge in [-0.2, -0.15) is 0 Å². The molecule has 7 nitrogen and oxygen atoms in total. The van der Waals surface area contributed by atoms with Crippen molar-refractivity contribution < 1.29 is 18.0 Å². The smallest absolute Gasteiger partial charge is 0.242 e. The summed E-state index contributed by atoms with van der Waals surface area (Å²) in [6, 6.07) is 12.9. The molecule has 1 N–H and O–H groups in total. The average Bonchev–Trinajstić information content (AvgIpc) is 2.78. The molecular formula is C27H39N3O4S. The molecule has 0 heterocycles. The van der Waals surface area contributed by atoms with Crippen molar-refractivity contribution in [2.45, 2.75) is 66.5 Å². The third-order valence-electron chi connectivity index (χ3n) is 6.17. The van der Waals surface area contributed by atoms with Crippen molar-refractivity contribution in [3.63, 3.8) is 0 Å². The zero-order valence-electron chi connectivity index (χ0n) is 21.8. The van der Waals surface area contributed by atoms with Crippen LogP contribution in [0.25, 0.3) is 0 Å². The molecule has 1 atom stereocenters. The van der Waals surface area contributed by atoms with Crippen LogP contribution in [0.2, 0.25) is 0 Å². The number of hydrogen-bond donors (Lipinski definition) is 1. The van der Waals surface area contributed by atoms with Crippen LogP contribution in [0, 0.1) is 20.8 Å². The Morgan fingerprint density at radius 3 is 2.31 bits per heavy atom. The van der Waals surface area contributed by atoms with Gasteiger partial charge in [-0.1, -0.05) is 48.9 Å². The van der Waals surface area contributed by atoms with E-state index in [0.29, 0.717) is 31.6 Å². The number of nitrogens with zero attached hydrogens (tertiary/aromatic N) is 2. The second-order valence-electron chi connectivity index (χ2n) is 8.99. The Morgan fingerprint density at radius 2 is 1.71 bits per heavy atom. The van der Waals surface area contributed by atoms with Gasteiger partial charge in [-0.25, -0.2) is 8.42 Å². The number of carbonyl (C=O) groups is 2. The number of aryl methyl sites for hydroxylation is 2. The first-order valence-electron chi connectivity index (χ1n) is 12.2. The van der Waals surface area contributed by atoms with E-state index < -0.39 is 16.1 Å². The lowest BCUT2D eigenvalue weighted by atomic mass is 10.1. The molecule has 0 spiro atoms. The number of amides is 2.